The van der Waals surface area contributed by atoms with E-state index < -0.39 is 0 Å². The number of methoxy groups -OCH3 is 1. The van der Waals surface area contributed by atoms with Crippen LogP contribution in [-0.4, -0.2) is 81.6 Å². The first-order valence-electron chi connectivity index (χ1n) is 9.40. The number of morpholine rings is 1. The van der Waals surface area contributed by atoms with E-state index in [2.05, 4.69) is 39.4 Å². The fourth-order valence-electron chi connectivity index (χ4n) is 2.89. The Morgan fingerprint density at radius 3 is 2.71 bits per heavy atom. The molecule has 0 saturated carbocycles. The largest absolute Gasteiger partial charge is 0.475 e. The van der Waals surface area contributed by atoms with E-state index in [1.807, 2.05) is 12.1 Å². The number of aromatic nitrogens is 1. The standard InChI is InChI=1S/C19H33N5O3.HI/c1-19(2,24-8-10-26-11-9-24)15-23-18(20-3)22-14-16-6-5-7-21-17(16)27-13-12-25-4;/h5-7H,8-15H2,1-4H3,(H2,20,22,23);1H. The molecule has 8 nitrogen and oxygen atoms in total. The molecule has 0 bridgehead atoms. The van der Waals surface area contributed by atoms with Crippen molar-refractivity contribution in [2.75, 3.05) is 60.2 Å². The third-order valence-corrected chi connectivity index (χ3v) is 4.60. The third-order valence-electron chi connectivity index (χ3n) is 4.60. The van der Waals surface area contributed by atoms with Crippen molar-refractivity contribution in [2.45, 2.75) is 25.9 Å². The maximum Gasteiger partial charge on any atom is 0.218 e. The minimum atomic E-state index is 0. The number of pyridine rings is 1. The topological polar surface area (TPSA) is 80.2 Å². The molecule has 1 aromatic rings. The Hall–Kier alpha value is -1.17. The van der Waals surface area contributed by atoms with Crippen LogP contribution in [0.4, 0.5) is 0 Å². The maximum atomic E-state index is 5.68. The van der Waals surface area contributed by atoms with E-state index in [4.69, 9.17) is 14.2 Å². The summed E-state index contributed by atoms with van der Waals surface area (Å²) in [6.07, 6.45) is 1.73. The quantitative estimate of drug-likeness (QED) is 0.227. The smallest absolute Gasteiger partial charge is 0.218 e. The highest BCUT2D eigenvalue weighted by molar-refractivity contribution is 14.0. The van der Waals surface area contributed by atoms with Crippen molar-refractivity contribution < 1.29 is 14.2 Å². The predicted octanol–water partition coefficient (Wildman–Crippen LogP) is 1.50. The molecule has 1 saturated heterocycles. The van der Waals surface area contributed by atoms with Crippen LogP contribution in [0.15, 0.2) is 23.3 Å². The minimum Gasteiger partial charge on any atom is -0.475 e. The van der Waals surface area contributed by atoms with E-state index in [1.54, 1.807) is 20.4 Å². The summed E-state index contributed by atoms with van der Waals surface area (Å²) in [7, 11) is 3.43. The van der Waals surface area contributed by atoms with E-state index in [0.717, 1.165) is 44.4 Å². The second-order valence-electron chi connectivity index (χ2n) is 7.00. The van der Waals surface area contributed by atoms with Crippen molar-refractivity contribution in [2.24, 2.45) is 4.99 Å². The highest BCUT2D eigenvalue weighted by Gasteiger charge is 2.28. The lowest BCUT2D eigenvalue weighted by Crippen LogP contribution is -2.56. The number of rotatable bonds is 9. The van der Waals surface area contributed by atoms with Crippen LogP contribution in [0, 0.1) is 0 Å². The Morgan fingerprint density at radius 1 is 1.29 bits per heavy atom. The molecule has 0 atom stereocenters. The molecular weight excluding hydrogens is 473 g/mol. The molecular formula is C19H34IN5O3. The van der Waals surface area contributed by atoms with Gasteiger partial charge in [-0.1, -0.05) is 6.07 Å². The van der Waals surface area contributed by atoms with E-state index >= 15 is 0 Å². The average Bonchev–Trinajstić information content (AvgIpc) is 2.70. The Labute approximate surface area is 185 Å². The van der Waals surface area contributed by atoms with Crippen LogP contribution in [-0.2, 0) is 16.0 Å². The lowest BCUT2D eigenvalue weighted by atomic mass is 10.0. The summed E-state index contributed by atoms with van der Waals surface area (Å²) in [5.74, 6) is 1.37. The van der Waals surface area contributed by atoms with E-state index in [9.17, 15) is 0 Å². The van der Waals surface area contributed by atoms with Crippen LogP contribution < -0.4 is 15.4 Å². The van der Waals surface area contributed by atoms with Crippen molar-refractivity contribution in [3.8, 4) is 5.88 Å². The zero-order valence-electron chi connectivity index (χ0n) is 17.4. The van der Waals surface area contributed by atoms with Crippen LogP contribution in [0.5, 0.6) is 5.88 Å². The van der Waals surface area contributed by atoms with Gasteiger partial charge in [-0.25, -0.2) is 4.98 Å². The van der Waals surface area contributed by atoms with Crippen molar-refractivity contribution in [1.29, 1.82) is 0 Å². The van der Waals surface area contributed by atoms with E-state index in [-0.39, 0.29) is 29.5 Å². The predicted molar refractivity (Wildman–Crippen MR) is 122 cm³/mol. The number of aliphatic imine (C=N–C) groups is 1. The van der Waals surface area contributed by atoms with E-state index in [0.29, 0.717) is 25.6 Å². The van der Waals surface area contributed by atoms with Crippen molar-refractivity contribution in [3.05, 3.63) is 23.9 Å². The lowest BCUT2D eigenvalue weighted by Gasteiger charge is -2.41. The first-order chi connectivity index (χ1) is 13.1. The SMILES string of the molecule is CN=C(NCc1cccnc1OCCOC)NCC(C)(C)N1CCOCC1.I. The molecule has 2 N–H and O–H groups in total. The molecule has 1 fully saturated rings. The highest BCUT2D eigenvalue weighted by Crippen LogP contribution is 2.16. The fraction of sp³-hybridized carbons (Fsp3) is 0.684. The molecule has 0 unspecified atom stereocenters. The zero-order valence-corrected chi connectivity index (χ0v) is 19.7. The molecule has 0 aromatic carbocycles. The first kappa shape index (κ1) is 24.9. The van der Waals surface area contributed by atoms with Crippen LogP contribution in [0.25, 0.3) is 0 Å². The molecule has 0 aliphatic carbocycles. The number of nitrogens with zero attached hydrogens (tertiary/aromatic N) is 3. The van der Waals surface area contributed by atoms with Gasteiger partial charge in [0.2, 0.25) is 5.88 Å². The minimum absolute atomic E-state index is 0. The first-order valence-corrected chi connectivity index (χ1v) is 9.40. The maximum absolute atomic E-state index is 5.68. The van der Waals surface area contributed by atoms with Gasteiger partial charge in [-0.15, -0.1) is 24.0 Å². The number of halogens is 1. The summed E-state index contributed by atoms with van der Waals surface area (Å²) >= 11 is 0. The second kappa shape index (κ2) is 13.1. The van der Waals surface area contributed by atoms with Gasteiger partial charge in [0.25, 0.3) is 0 Å². The van der Waals surface area contributed by atoms with Gasteiger partial charge in [-0.3, -0.25) is 9.89 Å². The van der Waals surface area contributed by atoms with Crippen LogP contribution in [0.2, 0.25) is 0 Å². The number of nitrogens with one attached hydrogen (secondary N) is 2. The molecule has 0 radical (unpaired) electrons. The highest BCUT2D eigenvalue weighted by atomic mass is 127. The van der Waals surface area contributed by atoms with Gasteiger partial charge in [-0.2, -0.15) is 0 Å². The number of ether oxygens (including phenoxy) is 3. The summed E-state index contributed by atoms with van der Waals surface area (Å²) in [5, 5.41) is 6.76. The summed E-state index contributed by atoms with van der Waals surface area (Å²) in [5.41, 5.74) is 0.994. The van der Waals surface area contributed by atoms with Gasteiger partial charge >= 0.3 is 0 Å². The summed E-state index contributed by atoms with van der Waals surface area (Å²) in [4.78, 5) is 11.1. The van der Waals surface area contributed by atoms with Gasteiger partial charge in [0.05, 0.1) is 19.8 Å². The summed E-state index contributed by atoms with van der Waals surface area (Å²) in [6, 6.07) is 3.89. The third kappa shape index (κ3) is 8.06. The Balaban J connectivity index is 0.00000392. The Bertz CT molecular complexity index is 595. The average molecular weight is 507 g/mol. The normalized spacial score (nSPS) is 15.6. The van der Waals surface area contributed by atoms with Gasteiger partial charge in [-0.05, 0) is 19.9 Å². The summed E-state index contributed by atoms with van der Waals surface area (Å²) in [6.45, 7) is 10.3. The molecule has 28 heavy (non-hydrogen) atoms. The molecule has 2 heterocycles. The molecule has 160 valence electrons. The van der Waals surface area contributed by atoms with Gasteiger partial charge in [0, 0.05) is 57.6 Å². The van der Waals surface area contributed by atoms with Gasteiger partial charge in [0.15, 0.2) is 5.96 Å². The van der Waals surface area contributed by atoms with Crippen LogP contribution in [0.3, 0.4) is 0 Å². The Kier molecular flexibility index (Phi) is 11.7. The van der Waals surface area contributed by atoms with Crippen molar-refractivity contribution >= 4 is 29.9 Å². The van der Waals surface area contributed by atoms with Crippen molar-refractivity contribution in [1.82, 2.24) is 20.5 Å². The van der Waals surface area contributed by atoms with Gasteiger partial charge in [0.1, 0.15) is 6.61 Å². The monoisotopic (exact) mass is 507 g/mol. The lowest BCUT2D eigenvalue weighted by molar-refractivity contribution is -0.00834. The van der Waals surface area contributed by atoms with Crippen LogP contribution >= 0.6 is 24.0 Å². The molecule has 9 heteroatoms. The fourth-order valence-corrected chi connectivity index (χ4v) is 2.89. The number of hydrogen-bond acceptors (Lipinski definition) is 6. The Morgan fingerprint density at radius 2 is 2.04 bits per heavy atom. The number of guanidine groups is 1. The molecule has 0 amide bonds. The van der Waals surface area contributed by atoms with Crippen LogP contribution in [0.1, 0.15) is 19.4 Å². The second-order valence-corrected chi connectivity index (χ2v) is 7.00. The molecule has 1 aliphatic heterocycles. The molecule has 0 spiro atoms. The van der Waals surface area contributed by atoms with Crippen molar-refractivity contribution in [3.63, 3.8) is 0 Å². The molecule has 2 rings (SSSR count). The van der Waals surface area contributed by atoms with E-state index in [1.165, 1.54) is 0 Å². The molecule has 1 aliphatic rings. The zero-order chi connectivity index (χ0) is 19.5. The number of hydrogen-bond donors (Lipinski definition) is 2. The molecule has 1 aromatic heterocycles. The van der Waals surface area contributed by atoms with Gasteiger partial charge < -0.3 is 24.8 Å². The summed E-state index contributed by atoms with van der Waals surface area (Å²) < 4.78 is 16.2.